The normalized spacial score (nSPS) is 13.0. The van der Waals surface area contributed by atoms with Crippen molar-refractivity contribution in [2.45, 2.75) is 24.3 Å². The smallest absolute Gasteiger partial charge is 0.406 e. The van der Waals surface area contributed by atoms with Crippen LogP contribution >= 0.6 is 27.5 Å². The van der Waals surface area contributed by atoms with E-state index in [0.717, 1.165) is 0 Å². The van der Waals surface area contributed by atoms with Gasteiger partial charge in [0.15, 0.2) is 5.58 Å². The van der Waals surface area contributed by atoms with Gasteiger partial charge < -0.3 is 10.2 Å². The maximum Gasteiger partial charge on any atom is 0.417 e. The van der Waals surface area contributed by atoms with Crippen molar-refractivity contribution in [3.05, 3.63) is 26.1 Å². The third-order valence-electron chi connectivity index (χ3n) is 2.55. The number of nitrogens with one attached hydrogen (secondary N) is 2. The van der Waals surface area contributed by atoms with Crippen molar-refractivity contribution in [2.75, 3.05) is 6.54 Å². The van der Waals surface area contributed by atoms with E-state index in [4.69, 9.17) is 21.8 Å². The van der Waals surface area contributed by atoms with Crippen LogP contribution in [0.25, 0.3) is 11.1 Å². The van der Waals surface area contributed by atoms with Crippen molar-refractivity contribution in [1.82, 2.24) is 9.71 Å². The molecule has 0 amide bonds. The number of sulfonamides is 1. The molecule has 0 fully saturated rings. The first kappa shape index (κ1) is 16.5. The van der Waals surface area contributed by atoms with Crippen molar-refractivity contribution >= 4 is 48.7 Å². The average molecular weight is 399 g/mol. The van der Waals surface area contributed by atoms with E-state index < -0.39 is 21.3 Å². The zero-order valence-corrected chi connectivity index (χ0v) is 14.3. The lowest BCUT2D eigenvalue weighted by Crippen LogP contribution is -2.45. The van der Waals surface area contributed by atoms with Gasteiger partial charge in [0.25, 0.3) is 0 Å². The van der Waals surface area contributed by atoms with E-state index in [1.54, 1.807) is 13.8 Å². The standard InChI is InChI=1S/C11H13BrClN3O4S/c1-11(2,14)4-15-21(18,19)9-5(12)3-6-8(7(9)13)20-10(17)16-6/h3,15H,4,14H2,1-2H3,(H,16,17). The van der Waals surface area contributed by atoms with Gasteiger partial charge in [0.2, 0.25) is 10.0 Å². The van der Waals surface area contributed by atoms with E-state index in [1.165, 1.54) is 6.07 Å². The monoisotopic (exact) mass is 397 g/mol. The molecule has 21 heavy (non-hydrogen) atoms. The molecule has 1 heterocycles. The Morgan fingerprint density at radius 2 is 2.14 bits per heavy atom. The summed E-state index contributed by atoms with van der Waals surface area (Å²) < 4.78 is 32.2. The second-order valence-electron chi connectivity index (χ2n) is 5.21. The van der Waals surface area contributed by atoms with Gasteiger partial charge in [0, 0.05) is 16.6 Å². The van der Waals surface area contributed by atoms with E-state index in [-0.39, 0.29) is 26.5 Å². The molecule has 116 valence electrons. The summed E-state index contributed by atoms with van der Waals surface area (Å²) in [6.45, 7) is 3.38. The number of nitrogens with two attached hydrogens (primary N) is 1. The number of benzene rings is 1. The van der Waals surface area contributed by atoms with Crippen LogP contribution in [0, 0.1) is 0 Å². The third kappa shape index (κ3) is 3.49. The Morgan fingerprint density at radius 3 is 2.71 bits per heavy atom. The van der Waals surface area contributed by atoms with Crippen LogP contribution in [0.15, 0.2) is 24.6 Å². The van der Waals surface area contributed by atoms with Crippen molar-refractivity contribution in [1.29, 1.82) is 0 Å². The molecule has 0 saturated carbocycles. The molecule has 0 atom stereocenters. The first-order valence-electron chi connectivity index (χ1n) is 5.81. The van der Waals surface area contributed by atoms with Gasteiger partial charge in [-0.15, -0.1) is 0 Å². The fraction of sp³-hybridized carbons (Fsp3) is 0.364. The number of rotatable bonds is 4. The summed E-state index contributed by atoms with van der Waals surface area (Å²) in [4.78, 5) is 13.4. The Kier molecular flexibility index (Phi) is 4.24. The lowest BCUT2D eigenvalue weighted by atomic mass is 10.1. The highest BCUT2D eigenvalue weighted by Gasteiger charge is 2.27. The Bertz CT molecular complexity index is 851. The molecule has 4 N–H and O–H groups in total. The minimum atomic E-state index is -3.92. The van der Waals surface area contributed by atoms with Crippen LogP contribution in [0.5, 0.6) is 0 Å². The summed E-state index contributed by atoms with van der Waals surface area (Å²) in [5.41, 5.74) is 5.31. The molecule has 0 radical (unpaired) electrons. The van der Waals surface area contributed by atoms with Crippen LogP contribution in [-0.2, 0) is 10.0 Å². The first-order chi connectivity index (χ1) is 9.51. The Morgan fingerprint density at radius 1 is 1.52 bits per heavy atom. The van der Waals surface area contributed by atoms with Gasteiger partial charge in [-0.3, -0.25) is 4.98 Å². The number of hydrogen-bond donors (Lipinski definition) is 3. The first-order valence-corrected chi connectivity index (χ1v) is 8.46. The molecule has 2 aromatic rings. The average Bonchev–Trinajstić information content (AvgIpc) is 2.66. The number of H-pyrrole nitrogens is 1. The van der Waals surface area contributed by atoms with Crippen molar-refractivity contribution in [2.24, 2.45) is 5.73 Å². The molecule has 0 spiro atoms. The molecule has 2 rings (SSSR count). The lowest BCUT2D eigenvalue weighted by molar-refractivity contribution is 0.497. The fourth-order valence-corrected chi connectivity index (χ4v) is 4.68. The van der Waals surface area contributed by atoms with Gasteiger partial charge in [0.1, 0.15) is 9.92 Å². The predicted octanol–water partition coefficient (Wildman–Crippen LogP) is 1.55. The minimum absolute atomic E-state index is 0.0164. The quantitative estimate of drug-likeness (QED) is 0.722. The molecule has 0 unspecified atom stereocenters. The predicted molar refractivity (Wildman–Crippen MR) is 83.0 cm³/mol. The van der Waals surface area contributed by atoms with Crippen LogP contribution in [0.4, 0.5) is 0 Å². The van der Waals surface area contributed by atoms with Crippen molar-refractivity contribution in [3.63, 3.8) is 0 Å². The van der Waals surface area contributed by atoms with Gasteiger partial charge in [0.05, 0.1) is 5.52 Å². The highest BCUT2D eigenvalue weighted by atomic mass is 79.9. The fourth-order valence-electron chi connectivity index (χ4n) is 1.60. The van der Waals surface area contributed by atoms with Crippen molar-refractivity contribution < 1.29 is 12.8 Å². The highest BCUT2D eigenvalue weighted by molar-refractivity contribution is 9.10. The Balaban J connectivity index is 2.57. The number of halogens is 2. The molecule has 0 saturated heterocycles. The summed E-state index contributed by atoms with van der Waals surface area (Å²) in [5, 5.41) is -0.181. The minimum Gasteiger partial charge on any atom is -0.406 e. The van der Waals surface area contributed by atoms with Gasteiger partial charge >= 0.3 is 5.76 Å². The van der Waals surface area contributed by atoms with Gasteiger partial charge in [-0.25, -0.2) is 17.9 Å². The summed E-state index contributed by atoms with van der Waals surface area (Å²) in [7, 11) is -3.92. The Labute approximate surface area is 134 Å². The summed E-state index contributed by atoms with van der Waals surface area (Å²) in [6.07, 6.45) is 0. The molecule has 10 heteroatoms. The molecule has 1 aromatic carbocycles. The number of oxazole rings is 1. The van der Waals surface area contributed by atoms with E-state index >= 15 is 0 Å². The lowest BCUT2D eigenvalue weighted by Gasteiger charge is -2.19. The van der Waals surface area contributed by atoms with Crippen LogP contribution in [0.2, 0.25) is 5.02 Å². The molecular formula is C11H13BrClN3O4S. The van der Waals surface area contributed by atoms with Gasteiger partial charge in [-0.1, -0.05) is 11.6 Å². The zero-order chi connectivity index (χ0) is 16.0. The van der Waals surface area contributed by atoms with E-state index in [0.29, 0.717) is 5.52 Å². The van der Waals surface area contributed by atoms with Crippen LogP contribution < -0.4 is 16.2 Å². The largest absolute Gasteiger partial charge is 0.417 e. The summed E-state index contributed by atoms with van der Waals surface area (Å²) >= 11 is 9.20. The second kappa shape index (κ2) is 5.40. The van der Waals surface area contributed by atoms with Gasteiger partial charge in [-0.05, 0) is 35.8 Å². The number of aromatic amines is 1. The van der Waals surface area contributed by atoms with E-state index in [1.807, 2.05) is 0 Å². The van der Waals surface area contributed by atoms with E-state index in [9.17, 15) is 13.2 Å². The molecular weight excluding hydrogens is 386 g/mol. The van der Waals surface area contributed by atoms with E-state index in [2.05, 4.69) is 25.6 Å². The molecule has 0 aliphatic heterocycles. The number of aromatic nitrogens is 1. The van der Waals surface area contributed by atoms with Crippen molar-refractivity contribution in [3.8, 4) is 0 Å². The topological polar surface area (TPSA) is 118 Å². The summed E-state index contributed by atoms with van der Waals surface area (Å²) in [5.74, 6) is -0.718. The number of fused-ring (bicyclic) bond motifs is 1. The van der Waals surface area contributed by atoms with Crippen LogP contribution in [-0.4, -0.2) is 25.5 Å². The van der Waals surface area contributed by atoms with Crippen LogP contribution in [0.1, 0.15) is 13.8 Å². The molecule has 1 aromatic heterocycles. The third-order valence-corrected chi connectivity index (χ3v) is 5.40. The molecule has 0 bridgehead atoms. The Hall–Kier alpha value is -0.870. The molecule has 0 aliphatic carbocycles. The molecule has 0 aliphatic rings. The SMILES string of the molecule is CC(C)(N)CNS(=O)(=O)c1c(Br)cc2[nH]c(=O)oc2c1Cl. The number of hydrogen-bond acceptors (Lipinski definition) is 5. The maximum absolute atomic E-state index is 12.4. The highest BCUT2D eigenvalue weighted by Crippen LogP contribution is 2.35. The molecule has 7 nitrogen and oxygen atoms in total. The maximum atomic E-state index is 12.4. The zero-order valence-electron chi connectivity index (χ0n) is 11.2. The summed E-state index contributed by atoms with van der Waals surface area (Å²) in [6, 6.07) is 1.41. The van der Waals surface area contributed by atoms with Crippen LogP contribution in [0.3, 0.4) is 0 Å². The van der Waals surface area contributed by atoms with Gasteiger partial charge in [-0.2, -0.15) is 0 Å². The second-order valence-corrected chi connectivity index (χ2v) is 8.14.